The predicted molar refractivity (Wildman–Crippen MR) is 503 cm³/mol. The largest absolute Gasteiger partial charge is 0.496 e. The summed E-state index contributed by atoms with van der Waals surface area (Å²) in [5, 5.41) is 9.08. The number of amides is 6. The number of carbonyl (C=O) groups is 9. The first-order valence-corrected chi connectivity index (χ1v) is 43.5. The molecule has 7 radical (unpaired) electrons. The van der Waals surface area contributed by atoms with E-state index in [4.69, 9.17) is 0 Å². The number of ketones is 3. The molecule has 0 bridgehead atoms. The molecule has 25 heteroatoms. The van der Waals surface area contributed by atoms with Crippen LogP contribution in [-0.4, -0.2) is 180 Å². The molecule has 0 aromatic rings. The second kappa shape index (κ2) is 86.9. The normalized spacial score (nSPS) is 19.9. The van der Waals surface area contributed by atoms with Crippen molar-refractivity contribution in [3.05, 3.63) is 288 Å². The van der Waals surface area contributed by atoms with Crippen molar-refractivity contribution in [2.45, 2.75) is 206 Å². The minimum atomic E-state index is -0.365. The number of likely N-dealkylation sites (tertiary alicyclic amines) is 3. The summed E-state index contributed by atoms with van der Waals surface area (Å²) in [5.74, 6) is 1.41. The van der Waals surface area contributed by atoms with Gasteiger partial charge in [0.05, 0.1) is 29.9 Å². The van der Waals surface area contributed by atoms with E-state index in [0.717, 1.165) is 139 Å². The molecule has 7 fully saturated rings. The van der Waals surface area contributed by atoms with Crippen molar-refractivity contribution in [1.82, 2.24) is 45.3 Å². The molecule has 0 unspecified atom stereocenters. The molecule has 3 heterocycles. The van der Waals surface area contributed by atoms with E-state index >= 15 is 0 Å². The van der Waals surface area contributed by atoms with Gasteiger partial charge in [-0.1, -0.05) is 96.1 Å². The molecule has 697 valence electrons. The van der Waals surface area contributed by atoms with Gasteiger partial charge in [-0.25, -0.2) is 55.2 Å². The molecule has 18 nitrogen and oxygen atoms in total. The third-order valence-corrected chi connectivity index (χ3v) is 21.3. The van der Waals surface area contributed by atoms with Crippen LogP contribution in [0.1, 0.15) is 188 Å². The maximum absolute atomic E-state index is 12.3. The number of hydrogen-bond acceptors (Lipinski definition) is 12. The van der Waals surface area contributed by atoms with Crippen LogP contribution in [0.25, 0.3) is 0 Å². The van der Waals surface area contributed by atoms with Gasteiger partial charge >= 0.3 is 0 Å². The van der Waals surface area contributed by atoms with Gasteiger partial charge in [0.2, 0.25) is 35.4 Å². The number of nitrogens with zero attached hydrogens (tertiary/aromatic N) is 6. The molecule has 3 saturated heterocycles. The Morgan fingerprint density at radius 1 is 0.391 bits per heavy atom. The van der Waals surface area contributed by atoms with Gasteiger partial charge in [-0.3, -0.25) is 28.8 Å². The zero-order valence-corrected chi connectivity index (χ0v) is 98.9. The summed E-state index contributed by atoms with van der Waals surface area (Å²) in [6, 6.07) is -0.0380. The van der Waals surface area contributed by atoms with Crippen molar-refractivity contribution in [3.8, 4) is 0 Å². The Morgan fingerprint density at radius 3 is 1.16 bits per heavy atom. The molecule has 0 spiro atoms. The standard InChI is InChI=1S/C16H22.C15H23NO.2C15H21NO.2C14H22N2O2.C14H20N2O2.7Y/c1-4-7-10-15-11-8-12-16(15)13-14(6-3)9-5-2;1-4-13(10-12(2)17)11-15-7-5-6-14(15)8-9-16-3;1-4-8-13(6-3)12-14-10-7-11-16(14)15(17)9-5-2;1-4-7-9-13-10-8-11-14(13)15(17)16(6-3)12-5-2;1-4-12(8-11(2)17)9-13-6-5-7-16(13)14(18)10-15-3;1-4-16(10-11(2)17)14(18)13-7-5-6-12(13)8-9-15-3;1-4-8-13(17)16-11-7-9-12(16)14(18)15(6-3)10-5-2;;;;;;;/h4-5,9-10,13,16H,1-3,6-8,11-12H2;8,10-11,15-16H,1,4-7,9H2,2-3H3;4-5,8,12,14H,1-3,6-7,9-11H2;4-5,9,12,14H,1-3,6-8,10-11H2;8-9,13,15H,1,4-7,10H2,2-3H3;8,10,13,15H,1,4-7,9H2,2-3H3;4-5,10,12H,1-3,6-9,11H2;;;;;;;/q7*-2;;;;;;;/b14-13+,15-10+;13-11+,14-8+;13-12+;13-9+;12-9+;12-8+;;;;;;;;/t16-;15-;2*14-;2*13-;12-;;;;;;;/m1110101......./s1. The number of nitrogens with one attached hydrogen (secondary N) is 3. The smallest absolute Gasteiger partial charge is 0.235 e. The first-order valence-electron chi connectivity index (χ1n) is 43.5. The molecular weight excluding hydrogens is 2130 g/mol. The van der Waals surface area contributed by atoms with Gasteiger partial charge in [0, 0.05) is 286 Å². The van der Waals surface area contributed by atoms with Crippen LogP contribution in [0.4, 0.5) is 0 Å². The van der Waals surface area contributed by atoms with Crippen molar-refractivity contribution >= 4 is 52.8 Å². The number of carbonyl (C=O) groups excluding carboxylic acids is 9. The van der Waals surface area contributed by atoms with Crippen LogP contribution >= 0.6 is 0 Å². The molecule has 7 aliphatic rings. The predicted octanol–water partition coefficient (Wildman–Crippen LogP) is 18.1. The molecule has 3 aliphatic heterocycles. The molecule has 6 amide bonds. The average molecular weight is 2280 g/mol. The number of Topliss-reactive ketones (excluding diaryl/α,β-unsaturated/α-hetero) is 3. The number of allylic oxidation sites excluding steroid dienone is 14. The van der Waals surface area contributed by atoms with E-state index in [-0.39, 0.29) is 318 Å². The summed E-state index contributed by atoms with van der Waals surface area (Å²) in [4.78, 5) is 116. The van der Waals surface area contributed by atoms with E-state index in [1.807, 2.05) is 54.6 Å². The minimum Gasteiger partial charge on any atom is -0.496 e. The van der Waals surface area contributed by atoms with Crippen LogP contribution in [0.5, 0.6) is 0 Å². The Bertz CT molecular complexity index is 3570. The van der Waals surface area contributed by atoms with Gasteiger partial charge < -0.3 is 108 Å². The van der Waals surface area contributed by atoms with Crippen LogP contribution in [0.3, 0.4) is 0 Å². The first kappa shape index (κ1) is 139. The fourth-order valence-electron chi connectivity index (χ4n) is 15.5. The van der Waals surface area contributed by atoms with E-state index in [2.05, 4.69) is 166 Å². The molecule has 0 aromatic heterocycles. The zero-order valence-electron chi connectivity index (χ0n) is 79.1. The quantitative estimate of drug-likeness (QED) is 0.0385. The van der Waals surface area contributed by atoms with E-state index < -0.39 is 0 Å². The molecule has 7 atom stereocenters. The second-order valence-electron chi connectivity index (χ2n) is 30.4. The summed E-state index contributed by atoms with van der Waals surface area (Å²) in [7, 11) is 5.61. The Kier molecular flexibility index (Phi) is 94.6. The average Bonchev–Trinajstić information content (AvgIpc) is 1.76. The van der Waals surface area contributed by atoms with Crippen molar-refractivity contribution in [3.63, 3.8) is 0 Å². The molecule has 0 aromatic carbocycles. The minimum absolute atomic E-state index is 0. The summed E-state index contributed by atoms with van der Waals surface area (Å²) < 4.78 is 0. The van der Waals surface area contributed by atoms with Crippen molar-refractivity contribution in [1.29, 1.82) is 0 Å². The summed E-state index contributed by atoms with van der Waals surface area (Å²) in [6.45, 7) is 70.7. The molecule has 4 aliphatic carbocycles. The Labute approximate surface area is 954 Å². The Balaban J connectivity index is -0.000000265. The maximum atomic E-state index is 12.3. The number of hydrogen-bond donors (Lipinski definition) is 3. The summed E-state index contributed by atoms with van der Waals surface area (Å²) >= 11 is 0. The summed E-state index contributed by atoms with van der Waals surface area (Å²) in [6.07, 6.45) is 63.2. The fraction of sp³-hybridized carbons (Fsp3) is 0.466. The van der Waals surface area contributed by atoms with Crippen LogP contribution < -0.4 is 16.0 Å². The van der Waals surface area contributed by atoms with Crippen LogP contribution in [0.2, 0.25) is 0 Å². The Morgan fingerprint density at radius 2 is 0.750 bits per heavy atom. The molecule has 7 rings (SSSR count). The van der Waals surface area contributed by atoms with Gasteiger partial charge in [0.15, 0.2) is 0 Å². The van der Waals surface area contributed by atoms with Crippen LogP contribution in [-0.2, 0) is 272 Å². The van der Waals surface area contributed by atoms with Crippen molar-refractivity contribution < 1.29 is 272 Å². The molecule has 128 heavy (non-hydrogen) atoms. The van der Waals surface area contributed by atoms with Gasteiger partial charge in [-0.05, 0) is 163 Å². The van der Waals surface area contributed by atoms with E-state index in [1.54, 1.807) is 85.7 Å². The van der Waals surface area contributed by atoms with E-state index in [1.165, 1.54) is 91.0 Å². The van der Waals surface area contributed by atoms with Gasteiger partial charge in [-0.15, -0.1) is 59.0 Å². The van der Waals surface area contributed by atoms with Gasteiger partial charge in [0.1, 0.15) is 6.04 Å². The SMILES string of the molecule is C=C[CH-]/C(=C/[C@H]1CCC/C1=C\CC=C)C[CH2-].C=C[CH-]/C(=C/[C@H]1CCCN1C(=O)CC=C)C[CH2-].C=C[CH-]N(C[CH2-])C(=O)[C@H]1CCC/C1=C\CC=C.C=C[CH-]N(C[CH2-])C(=O)[C@H]1CCCN1C(=O)CC=C.[CH2-]C/C(=C\[C@H]1CCC/C1=C\CNC)[CH-]C(C)=O.[CH2-]C/C(=C\[C@H]1CCCN1C(=O)CNC)[CH-]C(C)=O.[CH2-]CN([CH-]C(C)=O)C(=O)[C@H]1CCC/C1=C\CNC.[Y].[Y].[Y].[Y].[Y].[Y].[Y]. The molecule has 4 saturated carbocycles. The monoisotopic (exact) mass is 2280 g/mol. The molecule has 3 N–H and O–H groups in total. The van der Waals surface area contributed by atoms with Gasteiger partial charge in [0.25, 0.3) is 0 Å². The van der Waals surface area contributed by atoms with Gasteiger partial charge in [-0.2, -0.15) is 100.0 Å². The van der Waals surface area contributed by atoms with E-state index in [9.17, 15) is 43.2 Å². The topological polar surface area (TPSA) is 209 Å². The number of rotatable bonds is 42. The van der Waals surface area contributed by atoms with Crippen molar-refractivity contribution in [2.24, 2.45) is 23.7 Å². The van der Waals surface area contributed by atoms with Crippen LogP contribution in [0.15, 0.2) is 194 Å². The first-order chi connectivity index (χ1) is 58.3. The van der Waals surface area contributed by atoms with Crippen LogP contribution in [0, 0.1) is 117 Å². The second-order valence-corrected chi connectivity index (χ2v) is 30.4. The number of likely N-dealkylation sites (N-methyl/N-ethyl adjacent to an activating group) is 3. The third-order valence-electron chi connectivity index (χ3n) is 21.3. The summed E-state index contributed by atoms with van der Waals surface area (Å²) in [5.41, 5.74) is 9.94. The fourth-order valence-corrected chi connectivity index (χ4v) is 15.5. The Hall–Kier alpha value is -1.63. The zero-order chi connectivity index (χ0) is 90.5. The maximum Gasteiger partial charge on any atom is 0.235 e. The third kappa shape index (κ3) is 56.3. The van der Waals surface area contributed by atoms with E-state index in [0.29, 0.717) is 70.2 Å². The van der Waals surface area contributed by atoms with Crippen molar-refractivity contribution in [2.75, 3.05) is 80.0 Å². The molecular formula is C103H151N9O9Y7-14.